The van der Waals surface area contributed by atoms with Crippen LogP contribution in [0, 0.1) is 5.82 Å². The molecule has 0 saturated heterocycles. The van der Waals surface area contributed by atoms with E-state index in [0.717, 1.165) is 32.6 Å². The summed E-state index contributed by atoms with van der Waals surface area (Å²) >= 11 is 0. The van der Waals surface area contributed by atoms with E-state index in [1.54, 1.807) is 7.05 Å². The maximum Gasteiger partial charge on any atom is 0.243 e. The highest BCUT2D eigenvalue weighted by atomic mass is 19.1. The van der Waals surface area contributed by atoms with E-state index in [1.165, 1.54) is 24.3 Å². The second-order valence-corrected chi connectivity index (χ2v) is 4.81. The third-order valence-corrected chi connectivity index (χ3v) is 2.98. The Morgan fingerprint density at radius 3 is 2.61 bits per heavy atom. The number of ether oxygens (including phenoxy) is 1. The number of hydrogen-bond acceptors (Lipinski definition) is 3. The molecule has 0 fully saturated rings. The van der Waals surface area contributed by atoms with E-state index in [0.29, 0.717) is 11.6 Å². The van der Waals surface area contributed by atoms with Gasteiger partial charge >= 0.3 is 0 Å². The van der Waals surface area contributed by atoms with Gasteiger partial charge in [0.15, 0.2) is 5.96 Å². The summed E-state index contributed by atoms with van der Waals surface area (Å²) in [6, 6.07) is 5.62. The molecule has 0 atom stereocenters. The molecular weight excluding hydrogens is 299 g/mol. The Bertz CT molecular complexity index is 491. The summed E-state index contributed by atoms with van der Waals surface area (Å²) in [7, 11) is 1.65. The molecule has 1 aromatic carbocycles. The number of benzene rings is 1. The number of carbonyl (C=O) groups excluding carboxylic acids is 1. The van der Waals surface area contributed by atoms with Crippen LogP contribution in [0.2, 0.25) is 0 Å². The molecule has 7 heteroatoms. The van der Waals surface area contributed by atoms with E-state index in [9.17, 15) is 9.18 Å². The minimum atomic E-state index is -0.338. The van der Waals surface area contributed by atoms with Gasteiger partial charge in [0.05, 0.1) is 6.54 Å². The number of rotatable bonds is 9. The Hall–Kier alpha value is -2.15. The Labute approximate surface area is 136 Å². The molecule has 0 bridgehead atoms. The van der Waals surface area contributed by atoms with Crippen LogP contribution in [0.15, 0.2) is 29.3 Å². The van der Waals surface area contributed by atoms with Gasteiger partial charge in [-0.2, -0.15) is 0 Å². The first-order valence-corrected chi connectivity index (χ1v) is 7.73. The second-order valence-electron chi connectivity index (χ2n) is 4.81. The SMILES string of the molecule is CCOCCCCNC(=NC)NCC(=O)Nc1ccc(F)cc1. The van der Waals surface area contributed by atoms with E-state index in [-0.39, 0.29) is 18.3 Å². The van der Waals surface area contributed by atoms with E-state index in [4.69, 9.17) is 4.74 Å². The predicted octanol–water partition coefficient (Wildman–Crippen LogP) is 1.75. The van der Waals surface area contributed by atoms with Crippen LogP contribution < -0.4 is 16.0 Å². The van der Waals surface area contributed by atoms with Crippen molar-refractivity contribution in [2.45, 2.75) is 19.8 Å². The largest absolute Gasteiger partial charge is 0.382 e. The zero-order valence-corrected chi connectivity index (χ0v) is 13.7. The van der Waals surface area contributed by atoms with E-state index in [1.807, 2.05) is 6.92 Å². The molecular formula is C16H25FN4O2. The molecule has 0 radical (unpaired) electrons. The van der Waals surface area contributed by atoms with Crippen molar-refractivity contribution in [2.24, 2.45) is 4.99 Å². The number of halogens is 1. The number of nitrogens with zero attached hydrogens (tertiary/aromatic N) is 1. The van der Waals surface area contributed by atoms with Crippen molar-refractivity contribution in [3.05, 3.63) is 30.1 Å². The van der Waals surface area contributed by atoms with Crippen LogP contribution in [0.3, 0.4) is 0 Å². The van der Waals surface area contributed by atoms with Gasteiger partial charge in [0, 0.05) is 32.5 Å². The number of nitrogens with one attached hydrogen (secondary N) is 3. The van der Waals surface area contributed by atoms with Crippen LogP contribution in [-0.2, 0) is 9.53 Å². The van der Waals surface area contributed by atoms with E-state index < -0.39 is 0 Å². The first-order valence-electron chi connectivity index (χ1n) is 7.73. The molecule has 128 valence electrons. The summed E-state index contributed by atoms with van der Waals surface area (Å²) < 4.78 is 18.0. The Morgan fingerprint density at radius 1 is 1.22 bits per heavy atom. The molecule has 6 nitrogen and oxygen atoms in total. The molecule has 0 unspecified atom stereocenters. The van der Waals surface area contributed by atoms with Crippen LogP contribution in [-0.4, -0.2) is 45.2 Å². The van der Waals surface area contributed by atoms with Gasteiger partial charge in [-0.3, -0.25) is 9.79 Å². The van der Waals surface area contributed by atoms with Crippen molar-refractivity contribution in [1.82, 2.24) is 10.6 Å². The molecule has 1 rings (SSSR count). The number of anilines is 1. The Morgan fingerprint density at radius 2 is 1.96 bits per heavy atom. The fraction of sp³-hybridized carbons (Fsp3) is 0.500. The van der Waals surface area contributed by atoms with Gasteiger partial charge in [0.1, 0.15) is 5.82 Å². The van der Waals surface area contributed by atoms with Crippen molar-refractivity contribution < 1.29 is 13.9 Å². The minimum absolute atomic E-state index is 0.0794. The quantitative estimate of drug-likeness (QED) is 0.367. The van der Waals surface area contributed by atoms with Gasteiger partial charge in [-0.05, 0) is 44.0 Å². The topological polar surface area (TPSA) is 74.8 Å². The van der Waals surface area contributed by atoms with Gasteiger partial charge in [0.2, 0.25) is 5.91 Å². The maximum absolute atomic E-state index is 12.8. The molecule has 0 heterocycles. The lowest BCUT2D eigenvalue weighted by atomic mass is 10.3. The summed E-state index contributed by atoms with van der Waals surface area (Å²) in [5, 5.41) is 8.72. The Balaban J connectivity index is 2.20. The number of carbonyl (C=O) groups is 1. The lowest BCUT2D eigenvalue weighted by molar-refractivity contribution is -0.115. The van der Waals surface area contributed by atoms with Crippen LogP contribution in [0.4, 0.5) is 10.1 Å². The maximum atomic E-state index is 12.8. The van der Waals surface area contributed by atoms with Crippen LogP contribution in [0.25, 0.3) is 0 Å². The average molecular weight is 324 g/mol. The molecule has 1 aromatic rings. The smallest absolute Gasteiger partial charge is 0.243 e. The van der Waals surface area contributed by atoms with Crippen LogP contribution >= 0.6 is 0 Å². The molecule has 0 aliphatic heterocycles. The van der Waals surface area contributed by atoms with Gasteiger partial charge in [0.25, 0.3) is 0 Å². The minimum Gasteiger partial charge on any atom is -0.382 e. The molecule has 0 aliphatic carbocycles. The second kappa shape index (κ2) is 11.4. The lowest BCUT2D eigenvalue weighted by Gasteiger charge is -2.12. The number of amides is 1. The fourth-order valence-electron chi connectivity index (χ4n) is 1.80. The zero-order valence-electron chi connectivity index (χ0n) is 13.7. The monoisotopic (exact) mass is 324 g/mol. The predicted molar refractivity (Wildman–Crippen MR) is 90.1 cm³/mol. The normalized spacial score (nSPS) is 11.2. The first-order chi connectivity index (χ1) is 11.2. The van der Waals surface area contributed by atoms with Crippen molar-refractivity contribution in [3.8, 4) is 0 Å². The molecule has 0 aromatic heterocycles. The van der Waals surface area contributed by atoms with Crippen LogP contribution in [0.5, 0.6) is 0 Å². The number of unbranched alkanes of at least 4 members (excludes halogenated alkanes) is 1. The number of aliphatic imine (C=N–C) groups is 1. The van der Waals surface area contributed by atoms with Crippen molar-refractivity contribution in [2.75, 3.05) is 38.7 Å². The highest BCUT2D eigenvalue weighted by Gasteiger charge is 2.04. The third kappa shape index (κ3) is 8.77. The van der Waals surface area contributed by atoms with Crippen molar-refractivity contribution in [1.29, 1.82) is 0 Å². The van der Waals surface area contributed by atoms with Crippen LogP contribution in [0.1, 0.15) is 19.8 Å². The summed E-state index contributed by atoms with van der Waals surface area (Å²) in [6.45, 7) is 4.30. The molecule has 1 amide bonds. The zero-order chi connectivity index (χ0) is 16.9. The molecule has 23 heavy (non-hydrogen) atoms. The third-order valence-electron chi connectivity index (χ3n) is 2.98. The number of hydrogen-bond donors (Lipinski definition) is 3. The molecule has 0 aliphatic rings. The van der Waals surface area contributed by atoms with Gasteiger partial charge in [-0.15, -0.1) is 0 Å². The lowest BCUT2D eigenvalue weighted by Crippen LogP contribution is -2.41. The van der Waals surface area contributed by atoms with E-state index >= 15 is 0 Å². The van der Waals surface area contributed by atoms with Crippen molar-refractivity contribution >= 4 is 17.6 Å². The molecule has 0 spiro atoms. The summed E-state index contributed by atoms with van der Waals surface area (Å²) in [4.78, 5) is 15.8. The average Bonchev–Trinajstić information content (AvgIpc) is 2.55. The fourth-order valence-corrected chi connectivity index (χ4v) is 1.80. The standard InChI is InChI=1S/C16H25FN4O2/c1-3-23-11-5-4-10-19-16(18-2)20-12-15(22)21-14-8-6-13(17)7-9-14/h6-9H,3-5,10-12H2,1-2H3,(H,21,22)(H2,18,19,20). The van der Waals surface area contributed by atoms with Gasteiger partial charge in [-0.25, -0.2) is 4.39 Å². The summed E-state index contributed by atoms with van der Waals surface area (Å²) in [5.74, 6) is 0.00151. The highest BCUT2D eigenvalue weighted by molar-refractivity contribution is 5.94. The van der Waals surface area contributed by atoms with Gasteiger partial charge in [-0.1, -0.05) is 0 Å². The summed E-state index contributed by atoms with van der Waals surface area (Å²) in [5.41, 5.74) is 0.553. The molecule has 0 saturated carbocycles. The van der Waals surface area contributed by atoms with E-state index in [2.05, 4.69) is 20.9 Å². The van der Waals surface area contributed by atoms with Gasteiger partial charge < -0.3 is 20.7 Å². The highest BCUT2D eigenvalue weighted by Crippen LogP contribution is 2.07. The Kier molecular flexibility index (Phi) is 9.38. The molecule has 3 N–H and O–H groups in total. The van der Waals surface area contributed by atoms with Crippen molar-refractivity contribution in [3.63, 3.8) is 0 Å². The first kappa shape index (κ1) is 18.9. The number of guanidine groups is 1. The summed E-state index contributed by atoms with van der Waals surface area (Å²) in [6.07, 6.45) is 1.94.